The lowest BCUT2D eigenvalue weighted by molar-refractivity contribution is -0.144. The van der Waals surface area contributed by atoms with Crippen LogP contribution < -0.4 is 5.56 Å². The van der Waals surface area contributed by atoms with Gasteiger partial charge in [-0.25, -0.2) is 0 Å². The molecule has 0 aliphatic carbocycles. The molecule has 2 aliphatic heterocycles. The maximum absolute atomic E-state index is 12.3. The monoisotopic (exact) mass is 397 g/mol. The second kappa shape index (κ2) is 6.50. The van der Waals surface area contributed by atoms with Gasteiger partial charge in [0.15, 0.2) is 0 Å². The van der Waals surface area contributed by atoms with Gasteiger partial charge in [-0.1, -0.05) is 23.7 Å². The van der Waals surface area contributed by atoms with Gasteiger partial charge in [0.25, 0.3) is 5.56 Å². The molecule has 0 spiro atoms. The molecule has 6 nitrogen and oxygen atoms in total. The third-order valence-electron chi connectivity index (χ3n) is 6.08. The van der Waals surface area contributed by atoms with E-state index in [0.29, 0.717) is 24.7 Å². The highest BCUT2D eigenvalue weighted by Crippen LogP contribution is 2.39. The molecule has 144 valence electrons. The van der Waals surface area contributed by atoms with Crippen molar-refractivity contribution in [2.45, 2.75) is 24.9 Å². The number of aromatic amines is 1. The summed E-state index contributed by atoms with van der Waals surface area (Å²) in [6.07, 6.45) is 2.78. The van der Waals surface area contributed by atoms with Crippen LogP contribution in [0.25, 0.3) is 10.9 Å². The number of carboxylic acid groups (broad SMARTS) is 1. The fraction of sp³-hybridized carbons (Fsp3) is 0.333. The van der Waals surface area contributed by atoms with Crippen molar-refractivity contribution in [3.8, 4) is 0 Å². The lowest BCUT2D eigenvalue weighted by atomic mass is 9.82. The van der Waals surface area contributed by atoms with E-state index in [1.54, 1.807) is 24.4 Å². The topological polar surface area (TPSA) is 78.3 Å². The average molecular weight is 398 g/mol. The highest BCUT2D eigenvalue weighted by atomic mass is 35.5. The summed E-state index contributed by atoms with van der Waals surface area (Å²) in [7, 11) is 0. The van der Waals surface area contributed by atoms with E-state index in [2.05, 4.69) is 9.88 Å². The van der Waals surface area contributed by atoms with Crippen LogP contribution in [-0.2, 0) is 11.3 Å². The van der Waals surface area contributed by atoms with Gasteiger partial charge < -0.3 is 14.7 Å². The van der Waals surface area contributed by atoms with Crippen molar-refractivity contribution in [2.75, 3.05) is 13.1 Å². The SMILES string of the molecule is O=C(O)[C@H](c1c[nH]c2cc(Cl)ccc12)N1C[C@H]2C[C@@H](C1)c1cccc(=O)n1C2. The number of aliphatic carboxylic acids is 1. The third kappa shape index (κ3) is 2.75. The molecule has 2 N–H and O–H groups in total. The van der Waals surface area contributed by atoms with Crippen molar-refractivity contribution < 1.29 is 9.90 Å². The number of pyridine rings is 1. The zero-order valence-electron chi connectivity index (χ0n) is 15.1. The van der Waals surface area contributed by atoms with Gasteiger partial charge in [-0.3, -0.25) is 14.5 Å². The van der Waals surface area contributed by atoms with Crippen LogP contribution in [0.3, 0.4) is 0 Å². The number of rotatable bonds is 3. The molecule has 0 saturated carbocycles. The van der Waals surface area contributed by atoms with Gasteiger partial charge in [-0.2, -0.15) is 0 Å². The molecule has 5 rings (SSSR count). The quantitative estimate of drug-likeness (QED) is 0.711. The predicted octanol–water partition coefficient (Wildman–Crippen LogP) is 3.23. The zero-order chi connectivity index (χ0) is 19.4. The Hall–Kier alpha value is -2.57. The number of piperidine rings is 1. The van der Waals surface area contributed by atoms with Crippen molar-refractivity contribution in [2.24, 2.45) is 5.92 Å². The molecule has 7 heteroatoms. The number of aromatic nitrogens is 2. The van der Waals surface area contributed by atoms with Gasteiger partial charge in [0.1, 0.15) is 6.04 Å². The van der Waals surface area contributed by atoms with Crippen LogP contribution in [0.2, 0.25) is 5.02 Å². The Morgan fingerprint density at radius 2 is 2.07 bits per heavy atom. The summed E-state index contributed by atoms with van der Waals surface area (Å²) in [5.41, 5.74) is 2.64. The smallest absolute Gasteiger partial charge is 0.325 e. The van der Waals surface area contributed by atoms with Gasteiger partial charge in [-0.15, -0.1) is 0 Å². The number of nitrogens with zero attached hydrogens (tertiary/aromatic N) is 2. The standard InChI is InChI=1S/C21H20ClN3O3/c22-14-4-5-15-16(8-23-17(15)7-14)20(21(27)28)24-9-12-6-13(11-24)18-2-1-3-19(26)25(18)10-12/h1-5,7-8,12-13,20,23H,6,9-11H2,(H,27,28)/t12-,13+,20+/m1/s1. The summed E-state index contributed by atoms with van der Waals surface area (Å²) >= 11 is 6.07. The number of hydrogen-bond acceptors (Lipinski definition) is 3. The van der Waals surface area contributed by atoms with E-state index in [0.717, 1.165) is 28.6 Å². The second-order valence-electron chi connectivity index (χ2n) is 7.83. The maximum atomic E-state index is 12.3. The maximum Gasteiger partial charge on any atom is 0.325 e. The van der Waals surface area contributed by atoms with Gasteiger partial charge in [0.05, 0.1) is 0 Å². The van der Waals surface area contributed by atoms with E-state index < -0.39 is 12.0 Å². The summed E-state index contributed by atoms with van der Waals surface area (Å²) in [4.78, 5) is 29.7. The fourth-order valence-electron chi connectivity index (χ4n) is 4.98. The Morgan fingerprint density at radius 3 is 2.89 bits per heavy atom. The summed E-state index contributed by atoms with van der Waals surface area (Å²) < 4.78 is 1.86. The van der Waals surface area contributed by atoms with Crippen molar-refractivity contribution >= 4 is 28.5 Å². The largest absolute Gasteiger partial charge is 0.480 e. The molecule has 1 aromatic carbocycles. The van der Waals surface area contributed by atoms with Gasteiger partial charge in [-0.05, 0) is 30.5 Å². The van der Waals surface area contributed by atoms with E-state index >= 15 is 0 Å². The first kappa shape index (κ1) is 17.5. The van der Waals surface area contributed by atoms with Gasteiger partial charge >= 0.3 is 5.97 Å². The molecule has 28 heavy (non-hydrogen) atoms. The van der Waals surface area contributed by atoms with Crippen LogP contribution in [0.15, 0.2) is 47.4 Å². The molecule has 0 unspecified atom stereocenters. The molecule has 2 aliphatic rings. The van der Waals surface area contributed by atoms with Crippen LogP contribution in [-0.4, -0.2) is 38.6 Å². The Bertz CT molecular complexity index is 1140. The van der Waals surface area contributed by atoms with E-state index in [4.69, 9.17) is 11.6 Å². The molecule has 0 radical (unpaired) electrons. The van der Waals surface area contributed by atoms with Crippen LogP contribution in [0.5, 0.6) is 0 Å². The van der Waals surface area contributed by atoms with Crippen molar-refractivity contribution in [1.29, 1.82) is 0 Å². The first-order valence-electron chi connectivity index (χ1n) is 9.44. The Balaban J connectivity index is 1.54. The van der Waals surface area contributed by atoms with Crippen molar-refractivity contribution in [3.05, 3.63) is 69.2 Å². The van der Waals surface area contributed by atoms with E-state index in [-0.39, 0.29) is 17.4 Å². The number of nitrogens with one attached hydrogen (secondary N) is 1. The summed E-state index contributed by atoms with van der Waals surface area (Å²) in [6, 6.07) is 10.1. The minimum atomic E-state index is -0.860. The van der Waals surface area contributed by atoms with Crippen LogP contribution in [0, 0.1) is 5.92 Å². The van der Waals surface area contributed by atoms with Crippen LogP contribution in [0.4, 0.5) is 0 Å². The first-order chi connectivity index (χ1) is 13.5. The Morgan fingerprint density at radius 1 is 1.21 bits per heavy atom. The van der Waals surface area contributed by atoms with Crippen LogP contribution in [0.1, 0.15) is 29.6 Å². The predicted molar refractivity (Wildman–Crippen MR) is 107 cm³/mol. The highest BCUT2D eigenvalue weighted by Gasteiger charge is 2.40. The number of halogens is 1. The molecule has 2 bridgehead atoms. The number of fused-ring (bicyclic) bond motifs is 5. The molecule has 1 fully saturated rings. The second-order valence-corrected chi connectivity index (χ2v) is 8.26. The normalized spacial score (nSPS) is 22.8. The fourth-order valence-corrected chi connectivity index (χ4v) is 5.15. The molecular weight excluding hydrogens is 378 g/mol. The number of benzene rings is 1. The van der Waals surface area contributed by atoms with E-state index in [1.165, 1.54) is 0 Å². The molecule has 0 amide bonds. The lowest BCUT2D eigenvalue weighted by Gasteiger charge is -2.44. The number of carbonyl (C=O) groups is 1. The number of hydrogen-bond donors (Lipinski definition) is 2. The van der Waals surface area contributed by atoms with Crippen LogP contribution >= 0.6 is 11.6 Å². The zero-order valence-corrected chi connectivity index (χ0v) is 15.9. The molecule has 4 heterocycles. The number of carboxylic acids is 1. The van der Waals surface area contributed by atoms with E-state index in [1.807, 2.05) is 22.8 Å². The Kier molecular flexibility index (Phi) is 4.07. The summed E-state index contributed by atoms with van der Waals surface area (Å²) in [5.74, 6) is -0.419. The van der Waals surface area contributed by atoms with Crippen molar-refractivity contribution in [3.63, 3.8) is 0 Å². The number of H-pyrrole nitrogens is 1. The Labute approximate surface area is 166 Å². The minimum absolute atomic E-state index is 0.0314. The molecule has 3 atom stereocenters. The molecular formula is C21H20ClN3O3. The molecule has 2 aromatic heterocycles. The lowest BCUT2D eigenvalue weighted by Crippen LogP contribution is -2.49. The third-order valence-corrected chi connectivity index (χ3v) is 6.31. The molecule has 1 saturated heterocycles. The first-order valence-corrected chi connectivity index (χ1v) is 9.82. The summed E-state index contributed by atoms with van der Waals surface area (Å²) in [6.45, 7) is 1.93. The average Bonchev–Trinajstić information content (AvgIpc) is 3.05. The van der Waals surface area contributed by atoms with E-state index in [9.17, 15) is 14.7 Å². The number of likely N-dealkylation sites (tertiary alicyclic amines) is 1. The van der Waals surface area contributed by atoms with Gasteiger partial charge in [0, 0.05) is 65.0 Å². The highest BCUT2D eigenvalue weighted by molar-refractivity contribution is 6.31. The molecule has 3 aromatic rings. The van der Waals surface area contributed by atoms with Crippen molar-refractivity contribution in [1.82, 2.24) is 14.5 Å². The summed E-state index contributed by atoms with van der Waals surface area (Å²) in [5, 5.41) is 11.6. The minimum Gasteiger partial charge on any atom is -0.480 e. The van der Waals surface area contributed by atoms with Gasteiger partial charge in [0.2, 0.25) is 0 Å².